The monoisotopic (exact) mass is 468 g/mol. The number of benzene rings is 2. The summed E-state index contributed by atoms with van der Waals surface area (Å²) in [5.41, 5.74) is 0.672. The van der Waals surface area contributed by atoms with Crippen molar-refractivity contribution in [3.05, 3.63) is 65.0 Å². The Morgan fingerprint density at radius 1 is 1.03 bits per heavy atom. The Bertz CT molecular complexity index is 1140. The van der Waals surface area contributed by atoms with Gasteiger partial charge in [-0.2, -0.15) is 0 Å². The summed E-state index contributed by atoms with van der Waals surface area (Å²) in [5.74, 6) is -1.36. The summed E-state index contributed by atoms with van der Waals surface area (Å²) in [6.45, 7) is 4.07. The van der Waals surface area contributed by atoms with Crippen molar-refractivity contribution in [2.75, 3.05) is 46.2 Å². The second-order valence-corrected chi connectivity index (χ2v) is 8.42. The van der Waals surface area contributed by atoms with E-state index in [-0.39, 0.29) is 18.1 Å². The number of hydrogen-bond acceptors (Lipinski definition) is 7. The number of fused-ring (bicyclic) bond motifs is 1. The van der Waals surface area contributed by atoms with Crippen LogP contribution in [0.25, 0.3) is 5.76 Å². The average molecular weight is 468 g/mol. The number of amides is 1. The van der Waals surface area contributed by atoms with E-state index in [0.29, 0.717) is 48.8 Å². The van der Waals surface area contributed by atoms with Gasteiger partial charge in [-0.15, -0.1) is 0 Å². The second kappa shape index (κ2) is 9.44. The molecule has 1 amide bonds. The minimum Gasteiger partial charge on any atom is -0.507 e. The Balaban J connectivity index is 1.48. The SMILES string of the molecule is O=C1C(=O)N(CCCN2CCOCC2)C(c2cccc(F)c2)C1=C(O)c1ccc2c(c1)OCO2. The normalized spacial score (nSPS) is 21.9. The lowest BCUT2D eigenvalue weighted by Gasteiger charge is -2.29. The van der Waals surface area contributed by atoms with Crippen molar-refractivity contribution in [3.8, 4) is 11.5 Å². The lowest BCUT2D eigenvalue weighted by Crippen LogP contribution is -2.39. The number of hydrogen-bond donors (Lipinski definition) is 1. The third kappa shape index (κ3) is 4.24. The van der Waals surface area contributed by atoms with E-state index in [1.54, 1.807) is 24.3 Å². The van der Waals surface area contributed by atoms with Gasteiger partial charge in [0.2, 0.25) is 6.79 Å². The van der Waals surface area contributed by atoms with Gasteiger partial charge in [-0.25, -0.2) is 4.39 Å². The molecule has 2 aromatic carbocycles. The van der Waals surface area contributed by atoms with E-state index in [2.05, 4.69) is 4.90 Å². The maximum absolute atomic E-state index is 14.1. The van der Waals surface area contributed by atoms with Gasteiger partial charge in [0.15, 0.2) is 11.5 Å². The summed E-state index contributed by atoms with van der Waals surface area (Å²) in [6.07, 6.45) is 0.628. The molecule has 0 saturated carbocycles. The van der Waals surface area contributed by atoms with Crippen LogP contribution in [0.1, 0.15) is 23.6 Å². The summed E-state index contributed by atoms with van der Waals surface area (Å²) in [6, 6.07) is 9.66. The minimum atomic E-state index is -0.897. The van der Waals surface area contributed by atoms with Crippen molar-refractivity contribution in [3.63, 3.8) is 0 Å². The Morgan fingerprint density at radius 2 is 1.82 bits per heavy atom. The maximum atomic E-state index is 14.1. The Morgan fingerprint density at radius 3 is 2.62 bits per heavy atom. The van der Waals surface area contributed by atoms with Crippen LogP contribution in [0.3, 0.4) is 0 Å². The highest BCUT2D eigenvalue weighted by Gasteiger charge is 2.46. The highest BCUT2D eigenvalue weighted by Crippen LogP contribution is 2.41. The molecule has 9 heteroatoms. The zero-order valence-electron chi connectivity index (χ0n) is 18.5. The van der Waals surface area contributed by atoms with Gasteiger partial charge >= 0.3 is 0 Å². The molecule has 0 radical (unpaired) electrons. The molecule has 3 aliphatic rings. The number of ketones is 1. The number of nitrogens with zero attached hydrogens (tertiary/aromatic N) is 2. The van der Waals surface area contributed by atoms with E-state index < -0.39 is 23.5 Å². The standard InChI is InChI=1S/C25H25FN2O6/c26-18-4-1-3-16(13-18)22-21(23(29)17-5-6-19-20(14-17)34-15-33-19)24(30)25(31)28(22)8-2-7-27-9-11-32-12-10-27/h1,3-6,13-14,22,29H,2,7-12,15H2. The van der Waals surface area contributed by atoms with Crippen LogP contribution in [0.5, 0.6) is 11.5 Å². The largest absolute Gasteiger partial charge is 0.507 e. The smallest absolute Gasteiger partial charge is 0.295 e. The number of carbonyl (C=O) groups excluding carboxylic acids is 2. The Labute approximate surface area is 196 Å². The van der Waals surface area contributed by atoms with Gasteiger partial charge in [-0.05, 0) is 42.3 Å². The molecular formula is C25H25FN2O6. The van der Waals surface area contributed by atoms with Crippen molar-refractivity contribution >= 4 is 17.4 Å². The predicted octanol–water partition coefficient (Wildman–Crippen LogP) is 2.70. The average Bonchev–Trinajstić information content (AvgIpc) is 3.42. The fourth-order valence-corrected chi connectivity index (χ4v) is 4.62. The molecule has 1 N–H and O–H groups in total. The van der Waals surface area contributed by atoms with E-state index in [1.165, 1.54) is 23.1 Å². The molecule has 3 aliphatic heterocycles. The van der Waals surface area contributed by atoms with Crippen LogP contribution in [0.2, 0.25) is 0 Å². The van der Waals surface area contributed by atoms with Gasteiger partial charge < -0.3 is 24.2 Å². The van der Waals surface area contributed by atoms with Crippen LogP contribution < -0.4 is 9.47 Å². The molecule has 0 aliphatic carbocycles. The van der Waals surface area contributed by atoms with Crippen LogP contribution in [0.15, 0.2) is 48.0 Å². The number of carbonyl (C=O) groups is 2. The van der Waals surface area contributed by atoms with Gasteiger partial charge in [0, 0.05) is 31.7 Å². The Kier molecular flexibility index (Phi) is 6.21. The van der Waals surface area contributed by atoms with E-state index in [9.17, 15) is 19.1 Å². The predicted molar refractivity (Wildman–Crippen MR) is 120 cm³/mol. The molecule has 178 valence electrons. The van der Waals surface area contributed by atoms with E-state index in [4.69, 9.17) is 14.2 Å². The summed E-state index contributed by atoms with van der Waals surface area (Å²) >= 11 is 0. The summed E-state index contributed by atoms with van der Waals surface area (Å²) < 4.78 is 30.2. The third-order valence-corrected chi connectivity index (χ3v) is 6.33. The number of rotatable bonds is 6. The Hall–Kier alpha value is -3.43. The molecule has 2 saturated heterocycles. The molecule has 8 nitrogen and oxygen atoms in total. The number of aliphatic hydroxyl groups excluding tert-OH is 1. The molecule has 5 rings (SSSR count). The lowest BCUT2D eigenvalue weighted by atomic mass is 9.95. The molecule has 0 spiro atoms. The van der Waals surface area contributed by atoms with E-state index in [1.807, 2.05) is 0 Å². The van der Waals surface area contributed by atoms with Crippen molar-refractivity contribution < 1.29 is 33.3 Å². The number of aliphatic hydroxyl groups is 1. The van der Waals surface area contributed by atoms with Crippen molar-refractivity contribution in [1.29, 1.82) is 0 Å². The topological polar surface area (TPSA) is 88.5 Å². The number of morpholine rings is 1. The number of halogens is 1. The number of Topliss-reactive ketones (excluding diaryl/α,β-unsaturated/α-hetero) is 1. The highest BCUT2D eigenvalue weighted by atomic mass is 19.1. The minimum absolute atomic E-state index is 0.0658. The van der Waals surface area contributed by atoms with Crippen LogP contribution in [0, 0.1) is 5.82 Å². The molecule has 2 fully saturated rings. The summed E-state index contributed by atoms with van der Waals surface area (Å²) in [7, 11) is 0. The third-order valence-electron chi connectivity index (χ3n) is 6.33. The second-order valence-electron chi connectivity index (χ2n) is 8.42. The first kappa shape index (κ1) is 22.4. The maximum Gasteiger partial charge on any atom is 0.295 e. The van der Waals surface area contributed by atoms with Gasteiger partial charge in [0.1, 0.15) is 11.6 Å². The van der Waals surface area contributed by atoms with Gasteiger partial charge in [0.25, 0.3) is 11.7 Å². The summed E-state index contributed by atoms with van der Waals surface area (Å²) in [4.78, 5) is 29.8. The summed E-state index contributed by atoms with van der Waals surface area (Å²) in [5, 5.41) is 11.2. The van der Waals surface area contributed by atoms with Crippen molar-refractivity contribution in [1.82, 2.24) is 9.80 Å². The van der Waals surface area contributed by atoms with Crippen molar-refractivity contribution in [2.45, 2.75) is 12.5 Å². The molecule has 3 heterocycles. The molecule has 0 bridgehead atoms. The quantitative estimate of drug-likeness (QED) is 0.396. The first-order valence-electron chi connectivity index (χ1n) is 11.3. The molecule has 34 heavy (non-hydrogen) atoms. The van der Waals surface area contributed by atoms with Gasteiger partial charge in [0.05, 0.1) is 24.8 Å². The fourth-order valence-electron chi connectivity index (χ4n) is 4.62. The van der Waals surface area contributed by atoms with Crippen LogP contribution in [0.4, 0.5) is 4.39 Å². The molecule has 0 aromatic heterocycles. The van der Waals surface area contributed by atoms with E-state index in [0.717, 1.165) is 19.6 Å². The van der Waals surface area contributed by atoms with Crippen LogP contribution in [-0.4, -0.2) is 72.8 Å². The van der Waals surface area contributed by atoms with Crippen molar-refractivity contribution in [2.24, 2.45) is 0 Å². The first-order chi connectivity index (χ1) is 16.5. The lowest BCUT2D eigenvalue weighted by molar-refractivity contribution is -0.140. The number of ether oxygens (including phenoxy) is 3. The zero-order chi connectivity index (χ0) is 23.7. The van der Waals surface area contributed by atoms with Crippen LogP contribution >= 0.6 is 0 Å². The number of likely N-dealkylation sites (tertiary alicyclic amines) is 1. The van der Waals surface area contributed by atoms with E-state index >= 15 is 0 Å². The molecule has 1 atom stereocenters. The fraction of sp³-hybridized carbons (Fsp3) is 0.360. The first-order valence-corrected chi connectivity index (χ1v) is 11.3. The van der Waals surface area contributed by atoms with Crippen LogP contribution in [-0.2, 0) is 14.3 Å². The zero-order valence-corrected chi connectivity index (χ0v) is 18.5. The molecular weight excluding hydrogens is 443 g/mol. The molecule has 1 unspecified atom stereocenters. The molecule has 2 aromatic rings. The van der Waals surface area contributed by atoms with Gasteiger partial charge in [-0.1, -0.05) is 12.1 Å². The highest BCUT2D eigenvalue weighted by molar-refractivity contribution is 6.46. The van der Waals surface area contributed by atoms with Gasteiger partial charge in [-0.3, -0.25) is 14.5 Å².